The van der Waals surface area contributed by atoms with Crippen LogP contribution in [0.3, 0.4) is 0 Å². The fourth-order valence-electron chi connectivity index (χ4n) is 1.87. The Kier molecular flexibility index (Phi) is 5.09. The molecule has 4 nitrogen and oxygen atoms in total. The number of carbonyl (C=O) groups excluding carboxylic acids is 1. The first-order valence-electron chi connectivity index (χ1n) is 7.12. The largest absolute Gasteiger partial charge is 0.320 e. The average molecular weight is 303 g/mol. The quantitative estimate of drug-likeness (QED) is 0.890. The van der Waals surface area contributed by atoms with Crippen molar-refractivity contribution < 1.29 is 4.79 Å². The molecule has 0 spiro atoms. The summed E-state index contributed by atoms with van der Waals surface area (Å²) in [5, 5.41) is 5.31. The second-order valence-corrected chi connectivity index (χ2v) is 6.21. The number of nitrogens with one attached hydrogen (secondary N) is 1. The molecule has 1 atom stereocenters. The van der Waals surface area contributed by atoms with Crippen LogP contribution >= 0.6 is 11.3 Å². The van der Waals surface area contributed by atoms with Crippen LogP contribution in [0.5, 0.6) is 0 Å². The van der Waals surface area contributed by atoms with Crippen LogP contribution in [0.4, 0.5) is 5.13 Å². The Bertz CT molecular complexity index is 604. The Morgan fingerprint density at radius 3 is 2.57 bits per heavy atom. The maximum Gasteiger partial charge on any atom is 0.243 e. The molecule has 1 amide bonds. The number of hydrogen-bond acceptors (Lipinski definition) is 4. The molecule has 2 rings (SSSR count). The fourth-order valence-corrected chi connectivity index (χ4v) is 2.59. The number of hydrogen-bond donors (Lipinski definition) is 2. The summed E-state index contributed by atoms with van der Waals surface area (Å²) >= 11 is 1.41. The lowest BCUT2D eigenvalue weighted by molar-refractivity contribution is -0.118. The summed E-state index contributed by atoms with van der Waals surface area (Å²) in [4.78, 5) is 16.4. The van der Waals surface area contributed by atoms with E-state index in [-0.39, 0.29) is 11.8 Å². The van der Waals surface area contributed by atoms with Crippen LogP contribution in [0.15, 0.2) is 29.6 Å². The number of aromatic nitrogens is 1. The Morgan fingerprint density at radius 1 is 1.33 bits per heavy atom. The average Bonchev–Trinajstić information content (AvgIpc) is 2.94. The van der Waals surface area contributed by atoms with E-state index in [9.17, 15) is 4.79 Å². The molecule has 3 N–H and O–H groups in total. The minimum atomic E-state index is -0.513. The van der Waals surface area contributed by atoms with Crippen molar-refractivity contribution in [2.45, 2.75) is 33.2 Å². The molecule has 0 unspecified atom stereocenters. The molecule has 2 aromatic rings. The summed E-state index contributed by atoms with van der Waals surface area (Å²) < 4.78 is 0. The molecule has 5 heteroatoms. The third kappa shape index (κ3) is 3.89. The first-order chi connectivity index (χ1) is 10.0. The minimum absolute atomic E-state index is 0.103. The highest BCUT2D eigenvalue weighted by molar-refractivity contribution is 7.14. The third-order valence-electron chi connectivity index (χ3n) is 3.41. The maximum atomic E-state index is 11.9. The lowest BCUT2D eigenvalue weighted by Gasteiger charge is -2.13. The molecule has 0 radical (unpaired) electrons. The van der Waals surface area contributed by atoms with Crippen molar-refractivity contribution in [3.05, 3.63) is 35.2 Å². The number of carbonyl (C=O) groups is 1. The second-order valence-electron chi connectivity index (χ2n) is 5.35. The zero-order chi connectivity index (χ0) is 15.4. The molecule has 0 bridgehead atoms. The smallest absolute Gasteiger partial charge is 0.243 e. The van der Waals surface area contributed by atoms with Crippen LogP contribution in [0.25, 0.3) is 11.3 Å². The normalized spacial score (nSPS) is 12.4. The van der Waals surface area contributed by atoms with E-state index < -0.39 is 6.04 Å². The molecule has 1 aromatic heterocycles. The molecule has 0 aliphatic carbocycles. The second kappa shape index (κ2) is 6.83. The van der Waals surface area contributed by atoms with Gasteiger partial charge >= 0.3 is 0 Å². The van der Waals surface area contributed by atoms with Crippen molar-refractivity contribution in [3.63, 3.8) is 0 Å². The van der Waals surface area contributed by atoms with Crippen molar-refractivity contribution >= 4 is 22.4 Å². The molecule has 0 saturated heterocycles. The molecule has 0 saturated carbocycles. The zero-order valence-corrected chi connectivity index (χ0v) is 13.4. The summed E-state index contributed by atoms with van der Waals surface area (Å²) in [6.45, 7) is 5.98. The summed E-state index contributed by atoms with van der Waals surface area (Å²) in [5.74, 6) is -0.0850. The van der Waals surface area contributed by atoms with Crippen molar-refractivity contribution in [2.75, 3.05) is 5.32 Å². The van der Waals surface area contributed by atoms with Gasteiger partial charge in [0.15, 0.2) is 5.13 Å². The highest BCUT2D eigenvalue weighted by atomic mass is 32.1. The van der Waals surface area contributed by atoms with Gasteiger partial charge in [0.2, 0.25) is 5.91 Å². The van der Waals surface area contributed by atoms with E-state index in [1.54, 1.807) is 0 Å². The van der Waals surface area contributed by atoms with Crippen molar-refractivity contribution in [3.8, 4) is 11.3 Å². The summed E-state index contributed by atoms with van der Waals surface area (Å²) in [5.41, 5.74) is 9.04. The van der Waals surface area contributed by atoms with Gasteiger partial charge in [-0.15, -0.1) is 11.3 Å². The summed E-state index contributed by atoms with van der Waals surface area (Å²) in [6, 6.07) is 7.79. The monoisotopic (exact) mass is 303 g/mol. The molecule has 0 fully saturated rings. The lowest BCUT2D eigenvalue weighted by atomic mass is 10.1. The van der Waals surface area contributed by atoms with Crippen LogP contribution in [0.2, 0.25) is 0 Å². The number of rotatable bonds is 5. The minimum Gasteiger partial charge on any atom is -0.320 e. The first-order valence-corrected chi connectivity index (χ1v) is 8.00. The number of nitrogens with zero attached hydrogens (tertiary/aromatic N) is 1. The summed E-state index contributed by atoms with van der Waals surface area (Å²) in [7, 11) is 0. The topological polar surface area (TPSA) is 68.0 Å². The van der Waals surface area contributed by atoms with Crippen molar-refractivity contribution in [1.29, 1.82) is 0 Å². The predicted octanol–water partition coefficient (Wildman–Crippen LogP) is 3.29. The van der Waals surface area contributed by atoms with Crippen LogP contribution in [-0.4, -0.2) is 16.9 Å². The van der Waals surface area contributed by atoms with Gasteiger partial charge in [-0.3, -0.25) is 4.79 Å². The first kappa shape index (κ1) is 15.7. The van der Waals surface area contributed by atoms with Gasteiger partial charge in [0.05, 0.1) is 11.7 Å². The predicted molar refractivity (Wildman–Crippen MR) is 88.4 cm³/mol. The molecule has 1 heterocycles. The maximum absolute atomic E-state index is 11.9. The Hall–Kier alpha value is -1.72. The molecule has 1 aromatic carbocycles. The molecular weight excluding hydrogens is 282 g/mol. The molecular formula is C16H21N3OS. The van der Waals surface area contributed by atoms with Crippen LogP contribution in [0.1, 0.15) is 26.3 Å². The van der Waals surface area contributed by atoms with Crippen molar-refractivity contribution in [2.24, 2.45) is 11.7 Å². The van der Waals surface area contributed by atoms with E-state index in [0.717, 1.165) is 17.7 Å². The van der Waals surface area contributed by atoms with E-state index >= 15 is 0 Å². The van der Waals surface area contributed by atoms with E-state index in [1.807, 2.05) is 19.2 Å². The van der Waals surface area contributed by atoms with Gasteiger partial charge in [-0.1, -0.05) is 45.0 Å². The van der Waals surface area contributed by atoms with Crippen molar-refractivity contribution in [1.82, 2.24) is 4.98 Å². The Labute approximate surface area is 129 Å². The Balaban J connectivity index is 2.08. The molecule has 0 aliphatic heterocycles. The number of nitrogens with two attached hydrogens (primary N) is 1. The van der Waals surface area contributed by atoms with E-state index in [0.29, 0.717) is 5.13 Å². The fraction of sp³-hybridized carbons (Fsp3) is 0.375. The SMILES string of the molecule is CCc1ccc(-c2csc(NC(=O)[C@@H](N)C(C)C)n2)cc1. The van der Waals surface area contributed by atoms with Crippen LogP contribution in [-0.2, 0) is 11.2 Å². The number of anilines is 1. The third-order valence-corrected chi connectivity index (χ3v) is 4.17. The van der Waals surface area contributed by atoms with Gasteiger partial charge in [-0.05, 0) is 17.9 Å². The van der Waals surface area contributed by atoms with E-state index in [4.69, 9.17) is 5.73 Å². The number of aryl methyl sites for hydroxylation is 1. The van der Waals surface area contributed by atoms with Crippen LogP contribution < -0.4 is 11.1 Å². The van der Waals surface area contributed by atoms with Gasteiger partial charge in [0.25, 0.3) is 0 Å². The van der Waals surface area contributed by atoms with Crippen LogP contribution in [0, 0.1) is 5.92 Å². The Morgan fingerprint density at radius 2 is 2.00 bits per heavy atom. The molecule has 112 valence electrons. The standard InChI is InChI=1S/C16H21N3OS/c1-4-11-5-7-12(8-6-11)13-9-21-16(18-13)19-15(20)14(17)10(2)3/h5-10,14H,4,17H2,1-3H3,(H,18,19,20)/t14-/m0/s1. The molecule has 21 heavy (non-hydrogen) atoms. The molecule has 0 aliphatic rings. The number of thiazole rings is 1. The van der Waals surface area contributed by atoms with E-state index in [1.165, 1.54) is 16.9 Å². The zero-order valence-electron chi connectivity index (χ0n) is 12.6. The van der Waals surface area contributed by atoms with Gasteiger partial charge in [-0.2, -0.15) is 0 Å². The van der Waals surface area contributed by atoms with Gasteiger partial charge in [-0.25, -0.2) is 4.98 Å². The van der Waals surface area contributed by atoms with Gasteiger partial charge < -0.3 is 11.1 Å². The highest BCUT2D eigenvalue weighted by Gasteiger charge is 2.18. The number of benzene rings is 1. The van der Waals surface area contributed by atoms with Gasteiger partial charge in [0, 0.05) is 10.9 Å². The number of amides is 1. The highest BCUT2D eigenvalue weighted by Crippen LogP contribution is 2.25. The lowest BCUT2D eigenvalue weighted by Crippen LogP contribution is -2.39. The van der Waals surface area contributed by atoms with Gasteiger partial charge in [0.1, 0.15) is 0 Å². The van der Waals surface area contributed by atoms with E-state index in [2.05, 4.69) is 41.5 Å². The summed E-state index contributed by atoms with van der Waals surface area (Å²) in [6.07, 6.45) is 1.02.